The molecular formula is C25H40N6O. The maximum Gasteiger partial charge on any atom is 0.237 e. The molecule has 1 aliphatic heterocycles. The van der Waals surface area contributed by atoms with Crippen LogP contribution in [0.5, 0.6) is 0 Å². The highest BCUT2D eigenvalue weighted by atomic mass is 16.1. The maximum atomic E-state index is 12.7. The minimum absolute atomic E-state index is 0.156. The van der Waals surface area contributed by atoms with Gasteiger partial charge < -0.3 is 10.2 Å². The lowest BCUT2D eigenvalue weighted by molar-refractivity contribution is -0.121. The number of nitrogens with zero attached hydrogens (tertiary/aromatic N) is 5. The van der Waals surface area contributed by atoms with Gasteiger partial charge in [0.05, 0.1) is 5.69 Å². The fourth-order valence-electron chi connectivity index (χ4n) is 4.31. The van der Waals surface area contributed by atoms with E-state index in [0.29, 0.717) is 18.3 Å². The molecule has 0 aromatic carbocycles. The Balaban J connectivity index is 1.63. The molecule has 3 rings (SSSR count). The predicted octanol–water partition coefficient (Wildman–Crippen LogP) is 5.01. The normalized spacial score (nSPS) is 16.5. The Morgan fingerprint density at radius 1 is 1.16 bits per heavy atom. The summed E-state index contributed by atoms with van der Waals surface area (Å²) in [7, 11) is 0. The smallest absolute Gasteiger partial charge is 0.237 e. The summed E-state index contributed by atoms with van der Waals surface area (Å²) in [6.07, 6.45) is 16.6. The Labute approximate surface area is 193 Å². The van der Waals surface area contributed by atoms with Gasteiger partial charge in [-0.1, -0.05) is 52.9 Å². The molecule has 3 heterocycles. The molecule has 1 saturated heterocycles. The van der Waals surface area contributed by atoms with Gasteiger partial charge in [0, 0.05) is 44.0 Å². The van der Waals surface area contributed by atoms with Gasteiger partial charge in [0.25, 0.3) is 0 Å². The average molecular weight is 441 g/mol. The Kier molecular flexibility index (Phi) is 9.50. The van der Waals surface area contributed by atoms with Crippen LogP contribution in [0.2, 0.25) is 0 Å². The van der Waals surface area contributed by atoms with Crippen LogP contribution in [0.25, 0.3) is 5.95 Å². The molecule has 0 spiro atoms. The van der Waals surface area contributed by atoms with Crippen LogP contribution in [0.15, 0.2) is 24.8 Å². The number of rotatable bonds is 12. The molecule has 1 amide bonds. The number of piperidine rings is 1. The Bertz CT molecular complexity index is 820. The molecule has 1 unspecified atom stereocenters. The molecule has 1 N–H and O–H groups in total. The molecule has 7 heteroatoms. The highest BCUT2D eigenvalue weighted by Crippen LogP contribution is 2.28. The number of amides is 1. The van der Waals surface area contributed by atoms with Crippen molar-refractivity contribution >= 4 is 11.7 Å². The van der Waals surface area contributed by atoms with Gasteiger partial charge in [0.1, 0.15) is 12.1 Å². The second-order valence-electron chi connectivity index (χ2n) is 9.24. The van der Waals surface area contributed by atoms with Gasteiger partial charge in [0.15, 0.2) is 0 Å². The number of hydrogen-bond donors (Lipinski definition) is 1. The van der Waals surface area contributed by atoms with Gasteiger partial charge in [-0.3, -0.25) is 9.36 Å². The molecule has 0 radical (unpaired) electrons. The summed E-state index contributed by atoms with van der Waals surface area (Å²) in [4.78, 5) is 28.7. The molecule has 2 aromatic heterocycles. The first kappa shape index (κ1) is 24.2. The van der Waals surface area contributed by atoms with E-state index in [9.17, 15) is 4.79 Å². The molecule has 1 fully saturated rings. The van der Waals surface area contributed by atoms with Crippen LogP contribution < -0.4 is 10.2 Å². The molecule has 32 heavy (non-hydrogen) atoms. The summed E-state index contributed by atoms with van der Waals surface area (Å²) in [5, 5.41) is 3.15. The van der Waals surface area contributed by atoms with E-state index in [1.165, 1.54) is 32.1 Å². The van der Waals surface area contributed by atoms with Crippen molar-refractivity contribution in [3.8, 4) is 5.95 Å². The number of unbranched alkanes of at least 4 members (excludes halogenated alkanes) is 5. The van der Waals surface area contributed by atoms with Crippen molar-refractivity contribution in [1.82, 2.24) is 24.8 Å². The topological polar surface area (TPSA) is 75.9 Å². The van der Waals surface area contributed by atoms with Gasteiger partial charge in [0.2, 0.25) is 11.9 Å². The monoisotopic (exact) mass is 440 g/mol. The van der Waals surface area contributed by atoms with E-state index in [-0.39, 0.29) is 11.9 Å². The SMILES string of the molecule is CCCCCCCCNC(=O)CC1CCCCN1c1cc(C(C)C)nc(-n2ccnc2)n1. The van der Waals surface area contributed by atoms with Gasteiger partial charge in [-0.25, -0.2) is 9.97 Å². The summed E-state index contributed by atoms with van der Waals surface area (Å²) < 4.78 is 1.85. The lowest BCUT2D eigenvalue weighted by Gasteiger charge is -2.36. The average Bonchev–Trinajstić information content (AvgIpc) is 3.33. The molecule has 0 aliphatic carbocycles. The molecule has 0 bridgehead atoms. The van der Waals surface area contributed by atoms with Crippen molar-refractivity contribution in [2.24, 2.45) is 0 Å². The zero-order chi connectivity index (χ0) is 22.8. The van der Waals surface area contributed by atoms with E-state index in [4.69, 9.17) is 9.97 Å². The third kappa shape index (κ3) is 7.04. The van der Waals surface area contributed by atoms with Crippen LogP contribution in [0.4, 0.5) is 5.82 Å². The van der Waals surface area contributed by atoms with Gasteiger partial charge in [-0.05, 0) is 31.6 Å². The second kappa shape index (κ2) is 12.6. The van der Waals surface area contributed by atoms with E-state index in [1.807, 2.05) is 10.8 Å². The van der Waals surface area contributed by atoms with Crippen LogP contribution in [0.3, 0.4) is 0 Å². The quantitative estimate of drug-likeness (QED) is 0.470. The number of anilines is 1. The van der Waals surface area contributed by atoms with E-state index >= 15 is 0 Å². The van der Waals surface area contributed by atoms with E-state index in [2.05, 4.69) is 42.0 Å². The van der Waals surface area contributed by atoms with Gasteiger partial charge >= 0.3 is 0 Å². The number of imidazole rings is 1. The zero-order valence-electron chi connectivity index (χ0n) is 20.1. The van der Waals surface area contributed by atoms with Crippen molar-refractivity contribution in [2.75, 3.05) is 18.0 Å². The first-order chi connectivity index (χ1) is 15.6. The second-order valence-corrected chi connectivity index (χ2v) is 9.24. The third-order valence-corrected chi connectivity index (χ3v) is 6.24. The Morgan fingerprint density at radius 3 is 2.72 bits per heavy atom. The van der Waals surface area contributed by atoms with Crippen molar-refractivity contribution in [3.63, 3.8) is 0 Å². The van der Waals surface area contributed by atoms with E-state index in [0.717, 1.165) is 50.3 Å². The Hall–Kier alpha value is -2.44. The van der Waals surface area contributed by atoms with Crippen LogP contribution in [0.1, 0.15) is 96.6 Å². The lowest BCUT2D eigenvalue weighted by atomic mass is 9.98. The fraction of sp³-hybridized carbons (Fsp3) is 0.680. The number of hydrogen-bond acceptors (Lipinski definition) is 5. The summed E-state index contributed by atoms with van der Waals surface area (Å²) in [5.41, 5.74) is 1.01. The summed E-state index contributed by atoms with van der Waals surface area (Å²) in [5.74, 6) is 2.01. The highest BCUT2D eigenvalue weighted by Gasteiger charge is 2.27. The first-order valence-electron chi connectivity index (χ1n) is 12.5. The Morgan fingerprint density at radius 2 is 1.97 bits per heavy atom. The standard InChI is InChI=1S/C25H40N6O/c1-4-5-6-7-8-10-13-27-24(32)17-21-12-9-11-15-31(21)23-18-22(20(2)3)28-25(29-23)30-16-14-26-19-30/h14,16,18-21H,4-13,15,17H2,1-3H3,(H,27,32). The van der Waals surface area contributed by atoms with E-state index in [1.54, 1.807) is 12.5 Å². The van der Waals surface area contributed by atoms with Crippen LogP contribution >= 0.6 is 0 Å². The van der Waals surface area contributed by atoms with Gasteiger partial charge in [-0.2, -0.15) is 4.98 Å². The number of aromatic nitrogens is 4. The minimum Gasteiger partial charge on any atom is -0.356 e. The molecule has 1 atom stereocenters. The number of carbonyl (C=O) groups excluding carboxylic acids is 1. The first-order valence-corrected chi connectivity index (χ1v) is 12.5. The van der Waals surface area contributed by atoms with Crippen LogP contribution in [-0.2, 0) is 4.79 Å². The molecular weight excluding hydrogens is 400 g/mol. The highest BCUT2D eigenvalue weighted by molar-refractivity contribution is 5.77. The molecule has 7 nitrogen and oxygen atoms in total. The van der Waals surface area contributed by atoms with Crippen molar-refractivity contribution < 1.29 is 4.79 Å². The maximum absolute atomic E-state index is 12.7. The number of nitrogens with one attached hydrogen (secondary N) is 1. The molecule has 1 aliphatic rings. The summed E-state index contributed by atoms with van der Waals surface area (Å²) >= 11 is 0. The molecule has 176 valence electrons. The zero-order valence-corrected chi connectivity index (χ0v) is 20.1. The minimum atomic E-state index is 0.156. The van der Waals surface area contributed by atoms with Crippen molar-refractivity contribution in [3.05, 3.63) is 30.5 Å². The fourth-order valence-corrected chi connectivity index (χ4v) is 4.31. The van der Waals surface area contributed by atoms with E-state index < -0.39 is 0 Å². The van der Waals surface area contributed by atoms with Crippen molar-refractivity contribution in [2.45, 2.75) is 96.9 Å². The largest absolute Gasteiger partial charge is 0.356 e. The van der Waals surface area contributed by atoms with Gasteiger partial charge in [-0.15, -0.1) is 0 Å². The summed E-state index contributed by atoms with van der Waals surface area (Å²) in [6, 6.07) is 2.27. The summed E-state index contributed by atoms with van der Waals surface area (Å²) in [6.45, 7) is 8.24. The molecule has 2 aromatic rings. The third-order valence-electron chi connectivity index (χ3n) is 6.24. The van der Waals surface area contributed by atoms with Crippen LogP contribution in [0, 0.1) is 0 Å². The van der Waals surface area contributed by atoms with Crippen LogP contribution in [-0.4, -0.2) is 44.6 Å². The molecule has 0 saturated carbocycles. The number of carbonyl (C=O) groups is 1. The predicted molar refractivity (Wildman–Crippen MR) is 129 cm³/mol. The lowest BCUT2D eigenvalue weighted by Crippen LogP contribution is -2.43. The van der Waals surface area contributed by atoms with Crippen molar-refractivity contribution in [1.29, 1.82) is 0 Å².